The Balaban J connectivity index is 1.80. The normalized spacial score (nSPS) is 13.1. The Morgan fingerprint density at radius 2 is 1.62 bits per heavy atom. The molecule has 0 saturated heterocycles. The smallest absolute Gasteiger partial charge is 0.251 e. The van der Waals surface area contributed by atoms with Crippen molar-refractivity contribution in [3.05, 3.63) is 88.1 Å². The van der Waals surface area contributed by atoms with Gasteiger partial charge in [-0.05, 0) is 46.7 Å². The summed E-state index contributed by atoms with van der Waals surface area (Å²) in [4.78, 5) is 13.6. The van der Waals surface area contributed by atoms with Gasteiger partial charge in [0, 0.05) is 17.0 Å². The van der Waals surface area contributed by atoms with Gasteiger partial charge in [-0.15, -0.1) is 11.3 Å². The summed E-state index contributed by atoms with van der Waals surface area (Å²) in [6, 6.07) is 19.4. The van der Waals surface area contributed by atoms with Gasteiger partial charge in [-0.3, -0.25) is 4.79 Å². The Bertz CT molecular complexity index is 1050. The lowest BCUT2D eigenvalue weighted by Gasteiger charge is -2.19. The number of nitrogens with one attached hydrogen (secondary N) is 1. The molecule has 3 rings (SSSR count). The standard InChI is InChI=1S/C23H25NO3S2/c1-23(2,3)18-13-11-17(12-14-18)22(25)24-16-21(20-10-7-15-28-20)29(26,27)19-8-5-4-6-9-19/h4-15,21H,16H2,1-3H3,(H,24,25)/t21-/m0/s1. The minimum atomic E-state index is -3.63. The second-order valence-corrected chi connectivity index (χ2v) is 11.0. The fraction of sp³-hybridized carbons (Fsp3) is 0.261. The SMILES string of the molecule is CC(C)(C)c1ccc(C(=O)NC[C@@H](c2cccs2)S(=O)(=O)c2ccccc2)cc1. The molecule has 2 aromatic carbocycles. The first-order chi connectivity index (χ1) is 13.7. The summed E-state index contributed by atoms with van der Waals surface area (Å²) in [5.41, 5.74) is 1.65. The van der Waals surface area contributed by atoms with Gasteiger partial charge in [0.1, 0.15) is 5.25 Å². The van der Waals surface area contributed by atoms with E-state index in [1.54, 1.807) is 48.5 Å². The zero-order valence-electron chi connectivity index (χ0n) is 16.8. The monoisotopic (exact) mass is 427 g/mol. The van der Waals surface area contributed by atoms with Gasteiger partial charge >= 0.3 is 0 Å². The van der Waals surface area contributed by atoms with Crippen molar-refractivity contribution < 1.29 is 13.2 Å². The molecular formula is C23H25NO3S2. The summed E-state index contributed by atoms with van der Waals surface area (Å²) in [6.07, 6.45) is 0. The quantitative estimate of drug-likeness (QED) is 0.603. The molecule has 4 nitrogen and oxygen atoms in total. The van der Waals surface area contributed by atoms with E-state index in [1.807, 2.05) is 23.6 Å². The Hall–Kier alpha value is -2.44. The number of carbonyl (C=O) groups excluding carboxylic acids is 1. The molecule has 1 aromatic heterocycles. The maximum Gasteiger partial charge on any atom is 0.251 e. The van der Waals surface area contributed by atoms with Crippen LogP contribution in [0.15, 0.2) is 77.0 Å². The van der Waals surface area contributed by atoms with Gasteiger partial charge in [0.25, 0.3) is 5.91 Å². The van der Waals surface area contributed by atoms with Crippen LogP contribution in [0.5, 0.6) is 0 Å². The third-order valence-corrected chi connectivity index (χ3v) is 8.00. The Morgan fingerprint density at radius 3 is 2.17 bits per heavy atom. The highest BCUT2D eigenvalue weighted by Gasteiger charge is 2.30. The molecule has 29 heavy (non-hydrogen) atoms. The second-order valence-electron chi connectivity index (χ2n) is 7.90. The van der Waals surface area contributed by atoms with Crippen molar-refractivity contribution in [2.24, 2.45) is 0 Å². The Kier molecular flexibility index (Phi) is 6.24. The molecule has 0 aliphatic rings. The van der Waals surface area contributed by atoms with Crippen LogP contribution in [-0.4, -0.2) is 20.9 Å². The molecule has 0 radical (unpaired) electrons. The predicted octanol–water partition coefficient (Wildman–Crippen LogP) is 4.99. The number of amides is 1. The third kappa shape index (κ3) is 4.95. The molecule has 1 amide bonds. The third-order valence-electron chi connectivity index (χ3n) is 4.77. The number of hydrogen-bond acceptors (Lipinski definition) is 4. The molecule has 0 unspecified atom stereocenters. The maximum atomic E-state index is 13.2. The molecule has 6 heteroatoms. The molecule has 0 aliphatic heterocycles. The summed E-state index contributed by atoms with van der Waals surface area (Å²) in [5, 5.41) is 3.82. The van der Waals surface area contributed by atoms with E-state index < -0.39 is 15.1 Å². The number of sulfone groups is 1. The zero-order valence-corrected chi connectivity index (χ0v) is 18.4. The minimum absolute atomic E-state index is 0.00301. The summed E-state index contributed by atoms with van der Waals surface area (Å²) < 4.78 is 26.4. The first kappa shape index (κ1) is 21.3. The van der Waals surface area contributed by atoms with E-state index in [0.29, 0.717) is 10.4 Å². The first-order valence-electron chi connectivity index (χ1n) is 9.40. The van der Waals surface area contributed by atoms with Crippen LogP contribution in [0.4, 0.5) is 0 Å². The van der Waals surface area contributed by atoms with Crippen LogP contribution < -0.4 is 5.32 Å². The van der Waals surface area contributed by atoms with Gasteiger partial charge in [0.15, 0.2) is 9.84 Å². The van der Waals surface area contributed by atoms with Gasteiger partial charge in [-0.2, -0.15) is 0 Å². The van der Waals surface area contributed by atoms with Gasteiger partial charge < -0.3 is 5.32 Å². The molecule has 1 atom stereocenters. The van der Waals surface area contributed by atoms with E-state index in [0.717, 1.165) is 5.56 Å². The fourth-order valence-corrected chi connectivity index (χ4v) is 5.83. The van der Waals surface area contributed by atoms with Crippen molar-refractivity contribution in [2.45, 2.75) is 36.3 Å². The number of carbonyl (C=O) groups is 1. The van der Waals surface area contributed by atoms with Gasteiger partial charge in [-0.1, -0.05) is 57.2 Å². The van der Waals surface area contributed by atoms with E-state index in [2.05, 4.69) is 26.1 Å². The molecule has 0 saturated carbocycles. The second kappa shape index (κ2) is 8.51. The molecule has 3 aromatic rings. The Labute approximate surface area is 176 Å². The minimum Gasteiger partial charge on any atom is -0.350 e. The summed E-state index contributed by atoms with van der Waals surface area (Å²) in [7, 11) is -3.63. The highest BCUT2D eigenvalue weighted by atomic mass is 32.2. The Morgan fingerprint density at radius 1 is 0.966 bits per heavy atom. The van der Waals surface area contributed by atoms with Crippen molar-refractivity contribution in [3.8, 4) is 0 Å². The summed E-state index contributed by atoms with van der Waals surface area (Å²) >= 11 is 1.37. The molecule has 0 bridgehead atoms. The molecule has 1 N–H and O–H groups in total. The summed E-state index contributed by atoms with van der Waals surface area (Å²) in [6.45, 7) is 6.35. The predicted molar refractivity (Wildman–Crippen MR) is 118 cm³/mol. The molecule has 1 heterocycles. The van der Waals surface area contributed by atoms with E-state index >= 15 is 0 Å². The van der Waals surface area contributed by atoms with Crippen LogP contribution in [0.25, 0.3) is 0 Å². The van der Waals surface area contributed by atoms with Crippen LogP contribution in [0, 0.1) is 0 Å². The van der Waals surface area contributed by atoms with E-state index in [4.69, 9.17) is 0 Å². The maximum absolute atomic E-state index is 13.2. The lowest BCUT2D eigenvalue weighted by Crippen LogP contribution is -2.31. The first-order valence-corrected chi connectivity index (χ1v) is 11.8. The molecule has 0 fully saturated rings. The van der Waals surface area contributed by atoms with E-state index in [1.165, 1.54) is 11.3 Å². The molecule has 0 spiro atoms. The van der Waals surface area contributed by atoms with E-state index in [-0.39, 0.29) is 22.8 Å². The largest absolute Gasteiger partial charge is 0.350 e. The number of thiophene rings is 1. The zero-order chi connectivity index (χ0) is 21.1. The van der Waals surface area contributed by atoms with Crippen LogP contribution >= 0.6 is 11.3 Å². The topological polar surface area (TPSA) is 63.2 Å². The van der Waals surface area contributed by atoms with Crippen molar-refractivity contribution in [1.82, 2.24) is 5.32 Å². The average Bonchev–Trinajstić information content (AvgIpc) is 3.22. The molecule has 152 valence electrons. The molecule has 0 aliphatic carbocycles. The van der Waals surface area contributed by atoms with Crippen LogP contribution in [0.1, 0.15) is 46.8 Å². The molecular weight excluding hydrogens is 402 g/mol. The van der Waals surface area contributed by atoms with Crippen molar-refractivity contribution in [1.29, 1.82) is 0 Å². The van der Waals surface area contributed by atoms with Crippen molar-refractivity contribution in [2.75, 3.05) is 6.54 Å². The number of hydrogen-bond donors (Lipinski definition) is 1. The van der Waals surface area contributed by atoms with Gasteiger partial charge in [-0.25, -0.2) is 8.42 Å². The van der Waals surface area contributed by atoms with Gasteiger partial charge in [0.05, 0.1) is 4.90 Å². The summed E-state index contributed by atoms with van der Waals surface area (Å²) in [5.74, 6) is -0.282. The van der Waals surface area contributed by atoms with Crippen LogP contribution in [-0.2, 0) is 15.3 Å². The fourth-order valence-electron chi connectivity index (χ4n) is 3.02. The number of rotatable bonds is 6. The highest BCUT2D eigenvalue weighted by Crippen LogP contribution is 2.31. The lowest BCUT2D eigenvalue weighted by molar-refractivity contribution is 0.0953. The van der Waals surface area contributed by atoms with Crippen LogP contribution in [0.2, 0.25) is 0 Å². The average molecular weight is 428 g/mol. The lowest BCUT2D eigenvalue weighted by atomic mass is 9.87. The van der Waals surface area contributed by atoms with Gasteiger partial charge in [0.2, 0.25) is 0 Å². The van der Waals surface area contributed by atoms with Crippen molar-refractivity contribution in [3.63, 3.8) is 0 Å². The van der Waals surface area contributed by atoms with E-state index in [9.17, 15) is 13.2 Å². The van der Waals surface area contributed by atoms with Crippen molar-refractivity contribution >= 4 is 27.1 Å². The van der Waals surface area contributed by atoms with Crippen LogP contribution in [0.3, 0.4) is 0 Å². The highest BCUT2D eigenvalue weighted by molar-refractivity contribution is 7.91. The number of benzene rings is 2.